The summed E-state index contributed by atoms with van der Waals surface area (Å²) in [6.45, 7) is 7.34. The number of pyridine rings is 1. The van der Waals surface area contributed by atoms with Crippen molar-refractivity contribution in [2.75, 3.05) is 39.8 Å². The van der Waals surface area contributed by atoms with Crippen LogP contribution < -0.4 is 5.32 Å². The molecule has 1 N–H and O–H groups in total. The predicted octanol–water partition coefficient (Wildman–Crippen LogP) is 1.58. The zero-order valence-corrected chi connectivity index (χ0v) is 19.1. The van der Waals surface area contributed by atoms with Gasteiger partial charge in [0.05, 0.1) is 5.69 Å². The number of aromatic nitrogens is 4. The van der Waals surface area contributed by atoms with E-state index in [4.69, 9.17) is 4.52 Å². The summed E-state index contributed by atoms with van der Waals surface area (Å²) in [4.78, 5) is 9.14. The maximum Gasteiger partial charge on any atom is 0.193 e. The third-order valence-electron chi connectivity index (χ3n) is 4.96. The zero-order chi connectivity index (χ0) is 19.3. The Bertz CT molecular complexity index is 944. The number of nitrogens with zero attached hydrogens (tertiary/aromatic N) is 7. The molecule has 0 radical (unpaired) electrons. The monoisotopic (exact) mass is 510 g/mol. The lowest BCUT2D eigenvalue weighted by molar-refractivity contribution is 0.169. The second kappa shape index (κ2) is 10.0. The van der Waals surface area contributed by atoms with Crippen LogP contribution in [0.1, 0.15) is 17.3 Å². The second-order valence-corrected chi connectivity index (χ2v) is 6.96. The van der Waals surface area contributed by atoms with Crippen molar-refractivity contribution in [1.82, 2.24) is 34.9 Å². The van der Waals surface area contributed by atoms with Crippen LogP contribution in [0.15, 0.2) is 40.0 Å². The van der Waals surface area contributed by atoms with Gasteiger partial charge >= 0.3 is 0 Å². The minimum Gasteiger partial charge on any atom is -0.361 e. The SMILES string of the molecule is CN=C(NCCc1nnc2ccccn12)N1CCN(Cc2cc(C)on2)CC1.I. The van der Waals surface area contributed by atoms with Gasteiger partial charge in [-0.05, 0) is 19.1 Å². The van der Waals surface area contributed by atoms with Crippen molar-refractivity contribution in [2.45, 2.75) is 19.9 Å². The molecule has 4 rings (SSSR count). The van der Waals surface area contributed by atoms with Gasteiger partial charge in [-0.3, -0.25) is 14.3 Å². The highest BCUT2D eigenvalue weighted by molar-refractivity contribution is 14.0. The van der Waals surface area contributed by atoms with Crippen LogP contribution in [0.3, 0.4) is 0 Å². The highest BCUT2D eigenvalue weighted by atomic mass is 127. The fourth-order valence-electron chi connectivity index (χ4n) is 3.52. The molecule has 0 amide bonds. The fourth-order valence-corrected chi connectivity index (χ4v) is 3.52. The molecule has 0 saturated carbocycles. The number of halogens is 1. The minimum atomic E-state index is 0. The average Bonchev–Trinajstić information content (AvgIpc) is 3.32. The molecule has 4 heterocycles. The van der Waals surface area contributed by atoms with E-state index >= 15 is 0 Å². The summed E-state index contributed by atoms with van der Waals surface area (Å²) in [6, 6.07) is 7.92. The highest BCUT2D eigenvalue weighted by Crippen LogP contribution is 2.09. The van der Waals surface area contributed by atoms with Gasteiger partial charge in [0.2, 0.25) is 0 Å². The summed E-state index contributed by atoms with van der Waals surface area (Å²) in [7, 11) is 1.83. The molecule has 29 heavy (non-hydrogen) atoms. The topological polar surface area (TPSA) is 87.1 Å². The third-order valence-corrected chi connectivity index (χ3v) is 4.96. The average molecular weight is 510 g/mol. The summed E-state index contributed by atoms with van der Waals surface area (Å²) in [5, 5.41) is 16.0. The Morgan fingerprint density at radius 3 is 2.76 bits per heavy atom. The van der Waals surface area contributed by atoms with E-state index < -0.39 is 0 Å². The van der Waals surface area contributed by atoms with Crippen LogP contribution in [0.5, 0.6) is 0 Å². The Kier molecular flexibility index (Phi) is 7.42. The molecule has 1 aliphatic rings. The van der Waals surface area contributed by atoms with Crippen molar-refractivity contribution < 1.29 is 4.52 Å². The summed E-state index contributed by atoms with van der Waals surface area (Å²) in [5.41, 5.74) is 1.87. The number of nitrogens with one attached hydrogen (secondary N) is 1. The van der Waals surface area contributed by atoms with Gasteiger partial charge in [-0.15, -0.1) is 34.2 Å². The Labute approximate surface area is 187 Å². The van der Waals surface area contributed by atoms with Gasteiger partial charge in [0, 0.05) is 65.0 Å². The van der Waals surface area contributed by atoms with Gasteiger partial charge in [-0.1, -0.05) is 11.2 Å². The van der Waals surface area contributed by atoms with E-state index in [1.165, 1.54) is 0 Å². The van der Waals surface area contributed by atoms with Crippen molar-refractivity contribution in [3.63, 3.8) is 0 Å². The molecule has 10 heteroatoms. The summed E-state index contributed by atoms with van der Waals surface area (Å²) in [5.74, 6) is 2.75. The van der Waals surface area contributed by atoms with Crippen LogP contribution in [-0.2, 0) is 13.0 Å². The first-order chi connectivity index (χ1) is 13.7. The molecule has 9 nitrogen and oxygen atoms in total. The van der Waals surface area contributed by atoms with Gasteiger partial charge in [0.15, 0.2) is 11.6 Å². The summed E-state index contributed by atoms with van der Waals surface area (Å²) < 4.78 is 7.18. The number of rotatable bonds is 5. The number of hydrogen-bond acceptors (Lipinski definition) is 6. The third kappa shape index (κ3) is 5.24. The Hall–Kier alpha value is -2.21. The number of fused-ring (bicyclic) bond motifs is 1. The van der Waals surface area contributed by atoms with Gasteiger partial charge < -0.3 is 14.7 Å². The minimum absolute atomic E-state index is 0. The van der Waals surface area contributed by atoms with E-state index in [0.29, 0.717) is 0 Å². The first-order valence-electron chi connectivity index (χ1n) is 9.62. The predicted molar refractivity (Wildman–Crippen MR) is 122 cm³/mol. The van der Waals surface area contributed by atoms with E-state index in [2.05, 4.69) is 35.5 Å². The Balaban J connectivity index is 0.00000240. The van der Waals surface area contributed by atoms with E-state index in [0.717, 1.165) is 74.6 Å². The number of guanidine groups is 1. The second-order valence-electron chi connectivity index (χ2n) is 6.96. The molecule has 0 aromatic carbocycles. The number of aryl methyl sites for hydroxylation is 1. The molecule has 0 atom stereocenters. The van der Waals surface area contributed by atoms with Crippen LogP contribution in [0, 0.1) is 6.92 Å². The Morgan fingerprint density at radius 1 is 1.21 bits per heavy atom. The molecule has 0 spiro atoms. The van der Waals surface area contributed by atoms with Crippen LogP contribution >= 0.6 is 24.0 Å². The van der Waals surface area contributed by atoms with Crippen molar-refractivity contribution in [2.24, 2.45) is 4.99 Å². The van der Waals surface area contributed by atoms with Crippen molar-refractivity contribution in [1.29, 1.82) is 0 Å². The molecule has 3 aromatic heterocycles. The molecular weight excluding hydrogens is 483 g/mol. The van der Waals surface area contributed by atoms with Crippen molar-refractivity contribution in [3.8, 4) is 0 Å². The summed E-state index contributed by atoms with van der Waals surface area (Å²) >= 11 is 0. The van der Waals surface area contributed by atoms with E-state index in [-0.39, 0.29) is 24.0 Å². The van der Waals surface area contributed by atoms with E-state index in [1.807, 2.05) is 48.8 Å². The normalized spacial score (nSPS) is 15.5. The lowest BCUT2D eigenvalue weighted by atomic mass is 10.3. The van der Waals surface area contributed by atoms with E-state index in [1.54, 1.807) is 0 Å². The van der Waals surface area contributed by atoms with Crippen molar-refractivity contribution >= 4 is 35.6 Å². The fraction of sp³-hybridized carbons (Fsp3) is 0.474. The standard InChI is InChI=1S/C19H26N8O.HI/c1-15-13-16(24-28-15)14-25-9-11-26(12-10-25)19(20-2)21-7-6-18-23-22-17-5-3-4-8-27(17)18;/h3-5,8,13H,6-7,9-12,14H2,1-2H3,(H,20,21);1H. The summed E-state index contributed by atoms with van der Waals surface area (Å²) in [6.07, 6.45) is 2.78. The molecule has 3 aromatic rings. The smallest absolute Gasteiger partial charge is 0.193 e. The molecule has 156 valence electrons. The number of hydrogen-bond donors (Lipinski definition) is 1. The zero-order valence-electron chi connectivity index (χ0n) is 16.8. The van der Waals surface area contributed by atoms with Gasteiger partial charge in [-0.2, -0.15) is 0 Å². The van der Waals surface area contributed by atoms with Crippen LogP contribution in [0.25, 0.3) is 5.65 Å². The largest absolute Gasteiger partial charge is 0.361 e. The molecule has 0 unspecified atom stereocenters. The molecule has 0 bridgehead atoms. The first-order valence-corrected chi connectivity index (χ1v) is 9.62. The van der Waals surface area contributed by atoms with Crippen LogP contribution in [-0.4, -0.2) is 75.3 Å². The molecule has 1 fully saturated rings. The highest BCUT2D eigenvalue weighted by Gasteiger charge is 2.20. The molecule has 1 saturated heterocycles. The van der Waals surface area contributed by atoms with Gasteiger partial charge in [0.25, 0.3) is 0 Å². The maximum atomic E-state index is 5.16. The molecule has 1 aliphatic heterocycles. The first kappa shape index (κ1) is 21.5. The number of aliphatic imine (C=N–C) groups is 1. The molecular formula is C19H27IN8O. The quantitative estimate of drug-likeness (QED) is 0.317. The van der Waals surface area contributed by atoms with E-state index in [9.17, 15) is 0 Å². The van der Waals surface area contributed by atoms with Crippen LogP contribution in [0.4, 0.5) is 0 Å². The van der Waals surface area contributed by atoms with Crippen LogP contribution in [0.2, 0.25) is 0 Å². The van der Waals surface area contributed by atoms with Crippen molar-refractivity contribution in [3.05, 3.63) is 47.7 Å². The van der Waals surface area contributed by atoms with Gasteiger partial charge in [0.1, 0.15) is 11.6 Å². The lowest BCUT2D eigenvalue weighted by Crippen LogP contribution is -2.52. The molecule has 0 aliphatic carbocycles. The Morgan fingerprint density at radius 2 is 2.03 bits per heavy atom. The maximum absolute atomic E-state index is 5.16. The number of piperazine rings is 1. The lowest BCUT2D eigenvalue weighted by Gasteiger charge is -2.36. The van der Waals surface area contributed by atoms with Gasteiger partial charge in [-0.25, -0.2) is 0 Å².